The van der Waals surface area contributed by atoms with Crippen molar-refractivity contribution in [1.82, 2.24) is 5.32 Å². The standard InChI is InChI=1S/C24H15BrCl2N2O4/c25-16-3-10-21(33-13-14-1-4-17(26)5-2-14)15(11-16)12-20-22(30)28-24(32)29(23(20)31)19-8-6-18(27)7-9-19/h1-12H,13H2,(H,28,30,32)/b20-12+. The number of hydrogen-bond donors (Lipinski definition) is 1. The van der Waals surface area contributed by atoms with Crippen LogP contribution in [0, 0.1) is 0 Å². The Labute approximate surface area is 207 Å². The molecule has 1 N–H and O–H groups in total. The van der Waals surface area contributed by atoms with Crippen LogP contribution in [0.5, 0.6) is 5.75 Å². The van der Waals surface area contributed by atoms with Gasteiger partial charge in [0.15, 0.2) is 0 Å². The van der Waals surface area contributed by atoms with Crippen LogP contribution in [0.2, 0.25) is 10.0 Å². The third-order valence-corrected chi connectivity index (χ3v) is 5.76. The van der Waals surface area contributed by atoms with Gasteiger partial charge in [-0.3, -0.25) is 14.9 Å². The van der Waals surface area contributed by atoms with Crippen LogP contribution in [0.1, 0.15) is 11.1 Å². The molecule has 0 saturated carbocycles. The molecule has 1 aliphatic rings. The lowest BCUT2D eigenvalue weighted by atomic mass is 10.1. The van der Waals surface area contributed by atoms with E-state index in [1.165, 1.54) is 18.2 Å². The summed E-state index contributed by atoms with van der Waals surface area (Å²) in [6, 6.07) is 17.7. The molecule has 3 aromatic carbocycles. The minimum atomic E-state index is -0.835. The van der Waals surface area contributed by atoms with E-state index < -0.39 is 17.8 Å². The number of halogens is 3. The summed E-state index contributed by atoms with van der Waals surface area (Å²) in [5.41, 5.74) is 1.46. The number of nitrogens with one attached hydrogen (secondary N) is 1. The van der Waals surface area contributed by atoms with Gasteiger partial charge in [0.25, 0.3) is 11.8 Å². The molecule has 0 aromatic heterocycles. The second kappa shape index (κ2) is 9.79. The van der Waals surface area contributed by atoms with Crippen molar-refractivity contribution in [1.29, 1.82) is 0 Å². The molecule has 6 nitrogen and oxygen atoms in total. The molecular formula is C24H15BrCl2N2O4. The number of ether oxygens (including phenoxy) is 1. The molecule has 0 atom stereocenters. The highest BCUT2D eigenvalue weighted by molar-refractivity contribution is 9.10. The molecule has 0 aliphatic carbocycles. The third kappa shape index (κ3) is 5.27. The van der Waals surface area contributed by atoms with E-state index in [0.717, 1.165) is 14.9 Å². The first-order chi connectivity index (χ1) is 15.8. The highest BCUT2D eigenvalue weighted by atomic mass is 79.9. The zero-order valence-electron chi connectivity index (χ0n) is 16.8. The molecule has 0 radical (unpaired) electrons. The number of urea groups is 1. The van der Waals surface area contributed by atoms with Gasteiger partial charge >= 0.3 is 6.03 Å². The van der Waals surface area contributed by atoms with E-state index in [1.54, 1.807) is 42.5 Å². The Kier molecular flexibility index (Phi) is 6.83. The maximum absolute atomic E-state index is 13.1. The third-order valence-electron chi connectivity index (χ3n) is 4.77. The predicted molar refractivity (Wildman–Crippen MR) is 130 cm³/mol. The number of anilines is 1. The van der Waals surface area contributed by atoms with E-state index in [-0.39, 0.29) is 17.9 Å². The molecule has 0 spiro atoms. The molecule has 33 heavy (non-hydrogen) atoms. The van der Waals surface area contributed by atoms with Crippen LogP contribution in [-0.4, -0.2) is 17.8 Å². The Hall–Kier alpha value is -3.13. The summed E-state index contributed by atoms with van der Waals surface area (Å²) in [4.78, 5) is 38.9. The van der Waals surface area contributed by atoms with Crippen LogP contribution in [0.15, 0.2) is 76.8 Å². The highest BCUT2D eigenvalue weighted by Gasteiger charge is 2.37. The second-order valence-corrected chi connectivity index (χ2v) is 8.82. The maximum atomic E-state index is 13.1. The number of barbiturate groups is 1. The van der Waals surface area contributed by atoms with Crippen molar-refractivity contribution in [3.05, 3.63) is 97.9 Å². The van der Waals surface area contributed by atoms with E-state index in [1.807, 2.05) is 12.1 Å². The molecule has 1 heterocycles. The molecule has 166 valence electrons. The molecule has 0 unspecified atom stereocenters. The van der Waals surface area contributed by atoms with Crippen molar-refractivity contribution in [2.75, 3.05) is 4.90 Å². The number of carbonyl (C=O) groups excluding carboxylic acids is 3. The van der Waals surface area contributed by atoms with E-state index in [0.29, 0.717) is 21.4 Å². The van der Waals surface area contributed by atoms with Gasteiger partial charge < -0.3 is 4.74 Å². The number of imide groups is 2. The monoisotopic (exact) mass is 544 g/mol. The number of benzene rings is 3. The average Bonchev–Trinajstić information content (AvgIpc) is 2.78. The van der Waals surface area contributed by atoms with Crippen molar-refractivity contribution in [3.8, 4) is 5.75 Å². The Morgan fingerprint density at radius 2 is 1.55 bits per heavy atom. The molecule has 0 bridgehead atoms. The fraction of sp³-hybridized carbons (Fsp3) is 0.0417. The van der Waals surface area contributed by atoms with Crippen LogP contribution in [0.4, 0.5) is 10.5 Å². The minimum Gasteiger partial charge on any atom is -0.488 e. The fourth-order valence-corrected chi connectivity index (χ4v) is 3.77. The highest BCUT2D eigenvalue weighted by Crippen LogP contribution is 2.29. The number of amides is 4. The van der Waals surface area contributed by atoms with E-state index in [4.69, 9.17) is 27.9 Å². The van der Waals surface area contributed by atoms with Gasteiger partial charge in [0.2, 0.25) is 0 Å². The average molecular weight is 546 g/mol. The van der Waals surface area contributed by atoms with Gasteiger partial charge in [-0.05, 0) is 66.2 Å². The van der Waals surface area contributed by atoms with Crippen molar-refractivity contribution >= 4 is 68.7 Å². The zero-order chi connectivity index (χ0) is 23.5. The fourth-order valence-electron chi connectivity index (χ4n) is 3.14. The first kappa shape index (κ1) is 23.0. The smallest absolute Gasteiger partial charge is 0.335 e. The largest absolute Gasteiger partial charge is 0.488 e. The summed E-state index contributed by atoms with van der Waals surface area (Å²) in [6.45, 7) is 0.254. The Morgan fingerprint density at radius 3 is 2.21 bits per heavy atom. The molecule has 1 saturated heterocycles. The van der Waals surface area contributed by atoms with Gasteiger partial charge in [-0.25, -0.2) is 9.69 Å². The number of hydrogen-bond acceptors (Lipinski definition) is 4. The SMILES string of the molecule is O=C1NC(=O)N(c2ccc(Cl)cc2)C(=O)/C1=C/c1cc(Br)ccc1OCc1ccc(Cl)cc1. The second-order valence-electron chi connectivity index (χ2n) is 7.03. The molecule has 9 heteroatoms. The van der Waals surface area contributed by atoms with Crippen LogP contribution < -0.4 is 15.0 Å². The van der Waals surface area contributed by atoms with Crippen molar-refractivity contribution in [2.45, 2.75) is 6.61 Å². The zero-order valence-corrected chi connectivity index (χ0v) is 19.9. The molecule has 3 aromatic rings. The van der Waals surface area contributed by atoms with Gasteiger partial charge in [0.1, 0.15) is 17.9 Å². The van der Waals surface area contributed by atoms with Gasteiger partial charge in [-0.2, -0.15) is 0 Å². The molecule has 4 amide bonds. The van der Waals surface area contributed by atoms with Crippen LogP contribution >= 0.6 is 39.1 Å². The van der Waals surface area contributed by atoms with Crippen molar-refractivity contribution in [2.24, 2.45) is 0 Å². The Bertz CT molecular complexity index is 1270. The lowest BCUT2D eigenvalue weighted by molar-refractivity contribution is -0.122. The molecule has 1 fully saturated rings. The van der Waals surface area contributed by atoms with E-state index in [9.17, 15) is 14.4 Å². The lowest BCUT2D eigenvalue weighted by Crippen LogP contribution is -2.54. The normalized spacial score (nSPS) is 15.1. The Morgan fingerprint density at radius 1 is 0.909 bits per heavy atom. The molecule has 1 aliphatic heterocycles. The number of carbonyl (C=O) groups is 3. The lowest BCUT2D eigenvalue weighted by Gasteiger charge is -2.26. The quantitative estimate of drug-likeness (QED) is 0.315. The topological polar surface area (TPSA) is 75.7 Å². The summed E-state index contributed by atoms with van der Waals surface area (Å²) in [6.07, 6.45) is 1.40. The summed E-state index contributed by atoms with van der Waals surface area (Å²) >= 11 is 15.2. The van der Waals surface area contributed by atoms with Crippen molar-refractivity contribution < 1.29 is 19.1 Å². The molecular weight excluding hydrogens is 531 g/mol. The van der Waals surface area contributed by atoms with Crippen molar-refractivity contribution in [3.63, 3.8) is 0 Å². The van der Waals surface area contributed by atoms with Crippen LogP contribution in [0.3, 0.4) is 0 Å². The van der Waals surface area contributed by atoms with Crippen LogP contribution in [0.25, 0.3) is 6.08 Å². The van der Waals surface area contributed by atoms with Crippen LogP contribution in [-0.2, 0) is 16.2 Å². The predicted octanol–water partition coefficient (Wildman–Crippen LogP) is 6.00. The van der Waals surface area contributed by atoms with E-state index >= 15 is 0 Å². The summed E-state index contributed by atoms with van der Waals surface area (Å²) in [5, 5.41) is 3.27. The van der Waals surface area contributed by atoms with E-state index in [2.05, 4.69) is 21.2 Å². The van der Waals surface area contributed by atoms with Gasteiger partial charge in [0, 0.05) is 20.1 Å². The maximum Gasteiger partial charge on any atom is 0.335 e. The number of nitrogens with zero attached hydrogens (tertiary/aromatic N) is 1. The number of rotatable bonds is 5. The first-order valence-electron chi connectivity index (χ1n) is 9.65. The summed E-state index contributed by atoms with van der Waals surface area (Å²) < 4.78 is 6.65. The van der Waals surface area contributed by atoms with Gasteiger partial charge in [0.05, 0.1) is 5.69 Å². The summed E-state index contributed by atoms with van der Waals surface area (Å²) in [5.74, 6) is -1.09. The first-order valence-corrected chi connectivity index (χ1v) is 11.2. The summed E-state index contributed by atoms with van der Waals surface area (Å²) in [7, 11) is 0. The Balaban J connectivity index is 1.66. The molecule has 4 rings (SSSR count). The van der Waals surface area contributed by atoms with Gasteiger partial charge in [-0.15, -0.1) is 0 Å². The van der Waals surface area contributed by atoms with Gasteiger partial charge in [-0.1, -0.05) is 51.3 Å². The minimum absolute atomic E-state index is 0.209.